The second-order valence-electron chi connectivity index (χ2n) is 6.90. The third kappa shape index (κ3) is 5.66. The van der Waals surface area contributed by atoms with Crippen molar-refractivity contribution in [2.75, 3.05) is 11.9 Å². The molecule has 1 aliphatic heterocycles. The highest BCUT2D eigenvalue weighted by molar-refractivity contribution is 8.26. The monoisotopic (exact) mass is 503 g/mol. The molecule has 164 valence electrons. The van der Waals surface area contributed by atoms with Gasteiger partial charge in [0.15, 0.2) is 5.13 Å². The molecule has 32 heavy (non-hydrogen) atoms. The number of carbonyl (C=O) groups is 2. The van der Waals surface area contributed by atoms with Crippen LogP contribution in [-0.2, 0) is 16.0 Å². The molecule has 0 spiro atoms. The lowest BCUT2D eigenvalue weighted by Crippen LogP contribution is -2.29. The summed E-state index contributed by atoms with van der Waals surface area (Å²) in [6.07, 6.45) is 6.38. The lowest BCUT2D eigenvalue weighted by molar-refractivity contribution is -0.122. The highest BCUT2D eigenvalue weighted by Gasteiger charge is 2.31. The minimum absolute atomic E-state index is 0.153. The third-order valence-electron chi connectivity index (χ3n) is 4.60. The van der Waals surface area contributed by atoms with E-state index in [1.54, 1.807) is 30.7 Å². The first-order valence-corrected chi connectivity index (χ1v) is 12.2. The summed E-state index contributed by atoms with van der Waals surface area (Å²) in [4.78, 5) is 32.2. The second kappa shape index (κ2) is 10.4. The molecule has 3 heterocycles. The Balaban J connectivity index is 1.25. The zero-order chi connectivity index (χ0) is 22.5. The quantitative estimate of drug-likeness (QED) is 0.318. The molecular formula is C22H18ClN3O3S3. The normalized spacial score (nSPS) is 15.0. The van der Waals surface area contributed by atoms with E-state index in [2.05, 4.69) is 10.3 Å². The Kier molecular flexibility index (Phi) is 7.41. The van der Waals surface area contributed by atoms with Crippen LogP contribution < -0.4 is 5.32 Å². The average Bonchev–Trinajstić information content (AvgIpc) is 3.49. The Bertz CT molecular complexity index is 1170. The molecule has 6 nitrogen and oxygen atoms in total. The molecule has 0 radical (unpaired) electrons. The van der Waals surface area contributed by atoms with Gasteiger partial charge in [-0.1, -0.05) is 53.8 Å². The average molecular weight is 504 g/mol. The van der Waals surface area contributed by atoms with Crippen LogP contribution in [0.1, 0.15) is 29.0 Å². The minimum atomic E-state index is -0.166. The van der Waals surface area contributed by atoms with Crippen LogP contribution in [0.25, 0.3) is 6.08 Å². The smallest absolute Gasteiger partial charge is 0.266 e. The lowest BCUT2D eigenvalue weighted by Gasteiger charge is -2.13. The summed E-state index contributed by atoms with van der Waals surface area (Å²) in [6.45, 7) is 0.378. The number of rotatable bonds is 8. The number of hydrogen-bond donors (Lipinski definition) is 1. The summed E-state index contributed by atoms with van der Waals surface area (Å²) in [5.74, 6) is 0.281. The number of thiocarbonyl (C=S) groups is 1. The van der Waals surface area contributed by atoms with E-state index in [0.29, 0.717) is 44.5 Å². The minimum Gasteiger partial charge on any atom is -0.465 e. The first-order chi connectivity index (χ1) is 15.5. The first-order valence-electron chi connectivity index (χ1n) is 9.76. The number of carbonyl (C=O) groups excluding carboxylic acids is 2. The van der Waals surface area contributed by atoms with Gasteiger partial charge in [-0.3, -0.25) is 14.5 Å². The number of thioether (sulfide) groups is 1. The zero-order valence-corrected chi connectivity index (χ0v) is 20.0. The fourth-order valence-electron chi connectivity index (χ4n) is 3.05. The molecule has 1 aliphatic rings. The zero-order valence-electron chi connectivity index (χ0n) is 16.7. The number of benzene rings is 1. The number of thiazole rings is 1. The summed E-state index contributed by atoms with van der Waals surface area (Å²) in [5.41, 5.74) is 1.01. The van der Waals surface area contributed by atoms with Gasteiger partial charge in [-0.2, -0.15) is 0 Å². The number of anilines is 1. The van der Waals surface area contributed by atoms with Gasteiger partial charge in [0.1, 0.15) is 10.1 Å². The number of nitrogens with zero attached hydrogens (tertiary/aromatic N) is 2. The number of halogens is 1. The summed E-state index contributed by atoms with van der Waals surface area (Å²) in [5, 5.41) is 4.07. The van der Waals surface area contributed by atoms with Gasteiger partial charge in [0.25, 0.3) is 5.91 Å². The maximum absolute atomic E-state index is 12.6. The Morgan fingerprint density at radius 3 is 2.91 bits per heavy atom. The van der Waals surface area contributed by atoms with Gasteiger partial charge in [-0.05, 0) is 30.2 Å². The van der Waals surface area contributed by atoms with Gasteiger partial charge in [-0.15, -0.1) is 11.3 Å². The van der Waals surface area contributed by atoms with Gasteiger partial charge >= 0.3 is 0 Å². The van der Waals surface area contributed by atoms with E-state index in [1.807, 2.05) is 24.3 Å². The van der Waals surface area contributed by atoms with E-state index >= 15 is 0 Å². The van der Waals surface area contributed by atoms with Crippen LogP contribution in [0.15, 0.2) is 58.2 Å². The Hall–Kier alpha value is -2.46. The van der Waals surface area contributed by atoms with E-state index in [1.165, 1.54) is 28.0 Å². The van der Waals surface area contributed by atoms with Crippen LogP contribution in [0.4, 0.5) is 5.13 Å². The number of furan rings is 1. The van der Waals surface area contributed by atoms with Crippen LogP contribution in [0.2, 0.25) is 5.02 Å². The molecule has 0 atom stereocenters. The van der Waals surface area contributed by atoms with Gasteiger partial charge in [0, 0.05) is 41.6 Å². The van der Waals surface area contributed by atoms with Crippen molar-refractivity contribution in [3.05, 3.63) is 75.0 Å². The summed E-state index contributed by atoms with van der Waals surface area (Å²) >= 11 is 14.2. The third-order valence-corrected chi connectivity index (χ3v) is 7.26. The maximum Gasteiger partial charge on any atom is 0.266 e. The number of hydrogen-bond acceptors (Lipinski definition) is 7. The number of aromatic nitrogens is 1. The van der Waals surface area contributed by atoms with Crippen LogP contribution >= 0.6 is 46.9 Å². The predicted molar refractivity (Wildman–Crippen MR) is 133 cm³/mol. The van der Waals surface area contributed by atoms with Crippen molar-refractivity contribution in [3.63, 3.8) is 0 Å². The van der Waals surface area contributed by atoms with Crippen molar-refractivity contribution in [1.29, 1.82) is 0 Å². The Morgan fingerprint density at radius 1 is 1.28 bits per heavy atom. The lowest BCUT2D eigenvalue weighted by atomic mass is 10.1. The fourth-order valence-corrected chi connectivity index (χ4v) is 5.39. The largest absolute Gasteiger partial charge is 0.465 e. The predicted octanol–water partition coefficient (Wildman–Crippen LogP) is 5.60. The highest BCUT2D eigenvalue weighted by Crippen LogP contribution is 2.32. The van der Waals surface area contributed by atoms with E-state index in [0.717, 1.165) is 10.4 Å². The number of nitrogens with one attached hydrogen (secondary N) is 1. The highest BCUT2D eigenvalue weighted by atomic mass is 35.5. The molecule has 4 rings (SSSR count). The fraction of sp³-hybridized carbons (Fsp3) is 0.182. The molecule has 1 fully saturated rings. The van der Waals surface area contributed by atoms with Crippen molar-refractivity contribution in [1.82, 2.24) is 9.88 Å². The molecule has 0 unspecified atom stereocenters. The standard InChI is InChI=1S/C22H18ClN3O3S3/c23-17-7-2-1-5-14(17)11-16-13-24-21(31-16)25-19(27)8-3-9-26-20(28)18(32-22(26)30)12-15-6-4-10-29-15/h1-2,4-7,10,12-13H,3,8-9,11H2,(H,24,25,27)/b18-12+. The SMILES string of the molecule is O=C(CCCN1C(=O)/C(=C\c2ccco2)SC1=S)Nc1ncc(Cc2ccccc2Cl)s1. The molecule has 1 aromatic carbocycles. The molecule has 2 aromatic heterocycles. The molecule has 0 aliphatic carbocycles. The molecule has 1 saturated heterocycles. The maximum atomic E-state index is 12.6. The van der Waals surface area contributed by atoms with Crippen molar-refractivity contribution in [2.45, 2.75) is 19.3 Å². The van der Waals surface area contributed by atoms with Crippen LogP contribution in [0, 0.1) is 0 Å². The molecule has 10 heteroatoms. The van der Waals surface area contributed by atoms with Crippen molar-refractivity contribution < 1.29 is 14.0 Å². The molecule has 3 aromatic rings. The van der Waals surface area contributed by atoms with Crippen LogP contribution in [0.3, 0.4) is 0 Å². The van der Waals surface area contributed by atoms with Gasteiger partial charge < -0.3 is 9.73 Å². The molecular weight excluding hydrogens is 486 g/mol. The molecule has 0 saturated carbocycles. The van der Waals surface area contributed by atoms with Gasteiger partial charge in [-0.25, -0.2) is 4.98 Å². The topological polar surface area (TPSA) is 75.4 Å². The summed E-state index contributed by atoms with van der Waals surface area (Å²) in [6, 6.07) is 11.2. The number of amides is 2. The molecule has 1 N–H and O–H groups in total. The van der Waals surface area contributed by atoms with Gasteiger partial charge in [0.05, 0.1) is 11.2 Å². The first kappa shape index (κ1) is 22.7. The van der Waals surface area contributed by atoms with Crippen LogP contribution in [-0.4, -0.2) is 32.6 Å². The van der Waals surface area contributed by atoms with E-state index in [9.17, 15) is 9.59 Å². The van der Waals surface area contributed by atoms with E-state index < -0.39 is 0 Å². The van der Waals surface area contributed by atoms with E-state index in [-0.39, 0.29) is 18.2 Å². The van der Waals surface area contributed by atoms with Crippen molar-refractivity contribution in [2.24, 2.45) is 0 Å². The van der Waals surface area contributed by atoms with Crippen molar-refractivity contribution >= 4 is 74.3 Å². The van der Waals surface area contributed by atoms with Crippen molar-refractivity contribution in [3.8, 4) is 0 Å². The van der Waals surface area contributed by atoms with E-state index in [4.69, 9.17) is 28.2 Å². The van der Waals surface area contributed by atoms with Crippen LogP contribution in [0.5, 0.6) is 0 Å². The summed E-state index contributed by atoms with van der Waals surface area (Å²) < 4.78 is 5.74. The molecule has 2 amide bonds. The Morgan fingerprint density at radius 2 is 2.12 bits per heavy atom. The molecule has 0 bridgehead atoms. The summed E-state index contributed by atoms with van der Waals surface area (Å²) in [7, 11) is 0. The second-order valence-corrected chi connectivity index (χ2v) is 10.1. The van der Waals surface area contributed by atoms with Gasteiger partial charge in [0.2, 0.25) is 5.91 Å². The Labute approximate surface area is 203 Å².